The minimum atomic E-state index is -0.546. The van der Waals surface area contributed by atoms with Gasteiger partial charge in [0.1, 0.15) is 6.26 Å². The van der Waals surface area contributed by atoms with Crippen molar-refractivity contribution in [2.45, 2.75) is 6.92 Å². The second kappa shape index (κ2) is 6.97. The van der Waals surface area contributed by atoms with Crippen LogP contribution in [0.1, 0.15) is 16.2 Å². The number of ether oxygens (including phenoxy) is 1. The highest BCUT2D eigenvalue weighted by Crippen LogP contribution is 2.35. The number of thiazole rings is 1. The van der Waals surface area contributed by atoms with Crippen LogP contribution in [-0.2, 0) is 7.05 Å². The van der Waals surface area contributed by atoms with Gasteiger partial charge in [0.25, 0.3) is 5.91 Å². The van der Waals surface area contributed by atoms with Gasteiger partial charge in [0, 0.05) is 40.7 Å². The third-order valence-corrected chi connectivity index (χ3v) is 5.38. The molecular weight excluding hydrogens is 378 g/mol. The predicted octanol–water partition coefficient (Wildman–Crippen LogP) is 3.82. The first-order valence-corrected chi connectivity index (χ1v) is 9.35. The normalized spacial score (nSPS) is 11.0. The van der Waals surface area contributed by atoms with Crippen molar-refractivity contribution in [2.24, 2.45) is 7.05 Å². The summed E-state index contributed by atoms with van der Waals surface area (Å²) in [6.45, 7) is 2.04. The molecule has 3 aromatic heterocycles. The fraction of sp³-hybridized carbons (Fsp3) is 0.150. The summed E-state index contributed by atoms with van der Waals surface area (Å²) < 4.78 is 12.1. The van der Waals surface area contributed by atoms with Crippen molar-refractivity contribution in [3.05, 3.63) is 63.7 Å². The van der Waals surface area contributed by atoms with E-state index in [4.69, 9.17) is 9.15 Å². The van der Waals surface area contributed by atoms with Gasteiger partial charge in [-0.15, -0.1) is 11.3 Å². The molecule has 0 fully saturated rings. The number of hydrogen-bond acceptors (Lipinski definition) is 6. The molecule has 1 N–H and O–H groups in total. The molecule has 8 heteroatoms. The average Bonchev–Trinajstić information content (AvgIpc) is 3.24. The molecule has 1 aromatic carbocycles. The molecule has 0 aliphatic heterocycles. The van der Waals surface area contributed by atoms with Crippen LogP contribution in [0.4, 0.5) is 5.13 Å². The maximum absolute atomic E-state index is 12.4. The van der Waals surface area contributed by atoms with E-state index in [-0.39, 0.29) is 11.5 Å². The Morgan fingerprint density at radius 1 is 1.32 bits per heavy atom. The number of fused-ring (bicyclic) bond motifs is 1. The van der Waals surface area contributed by atoms with Crippen molar-refractivity contribution in [1.82, 2.24) is 9.55 Å². The van der Waals surface area contributed by atoms with Gasteiger partial charge in [-0.1, -0.05) is 18.2 Å². The Labute approximate surface area is 164 Å². The van der Waals surface area contributed by atoms with Crippen molar-refractivity contribution < 1.29 is 13.9 Å². The topological polar surface area (TPSA) is 86.4 Å². The number of aromatic nitrogens is 2. The molecule has 0 bridgehead atoms. The maximum Gasteiger partial charge on any atom is 0.293 e. The van der Waals surface area contributed by atoms with Crippen LogP contribution in [-0.4, -0.2) is 22.6 Å². The molecule has 0 aliphatic rings. The Kier molecular flexibility index (Phi) is 4.48. The molecule has 28 heavy (non-hydrogen) atoms. The van der Waals surface area contributed by atoms with Crippen LogP contribution in [0.15, 0.2) is 51.2 Å². The minimum Gasteiger partial charge on any atom is -0.490 e. The highest BCUT2D eigenvalue weighted by molar-refractivity contribution is 7.14. The molecule has 0 atom stereocenters. The molecule has 7 nitrogen and oxygen atoms in total. The van der Waals surface area contributed by atoms with Crippen LogP contribution >= 0.6 is 11.3 Å². The van der Waals surface area contributed by atoms with Gasteiger partial charge in [-0.05, 0) is 13.0 Å². The van der Waals surface area contributed by atoms with E-state index in [1.54, 1.807) is 0 Å². The summed E-state index contributed by atoms with van der Waals surface area (Å²) in [4.78, 5) is 28.7. The van der Waals surface area contributed by atoms with Crippen LogP contribution in [0.2, 0.25) is 0 Å². The van der Waals surface area contributed by atoms with E-state index in [1.807, 2.05) is 31.5 Å². The van der Waals surface area contributed by atoms with Crippen LogP contribution in [0.3, 0.4) is 0 Å². The number of nitrogens with zero attached hydrogens (tertiary/aromatic N) is 2. The number of rotatable bonds is 4. The Bertz CT molecular complexity index is 1250. The lowest BCUT2D eigenvalue weighted by atomic mass is 10.1. The van der Waals surface area contributed by atoms with E-state index in [0.717, 1.165) is 40.2 Å². The first-order valence-electron chi connectivity index (χ1n) is 8.47. The Morgan fingerprint density at radius 3 is 2.86 bits per heavy atom. The smallest absolute Gasteiger partial charge is 0.293 e. The Morgan fingerprint density at radius 2 is 2.11 bits per heavy atom. The third-order valence-electron chi connectivity index (χ3n) is 4.62. The lowest BCUT2D eigenvalue weighted by Crippen LogP contribution is -2.15. The number of carbonyl (C=O) groups excluding carboxylic acids is 1. The highest BCUT2D eigenvalue weighted by atomic mass is 32.1. The fourth-order valence-electron chi connectivity index (χ4n) is 3.12. The zero-order valence-electron chi connectivity index (χ0n) is 15.5. The van der Waals surface area contributed by atoms with E-state index in [0.29, 0.717) is 5.13 Å². The first-order chi connectivity index (χ1) is 13.5. The highest BCUT2D eigenvalue weighted by Gasteiger charge is 2.18. The maximum atomic E-state index is 12.4. The lowest BCUT2D eigenvalue weighted by Gasteiger charge is -2.02. The number of methoxy groups -OCH3 is 1. The lowest BCUT2D eigenvalue weighted by molar-refractivity contribution is 0.0993. The molecule has 0 spiro atoms. The van der Waals surface area contributed by atoms with Crippen LogP contribution in [0.25, 0.3) is 22.2 Å². The number of amides is 1. The van der Waals surface area contributed by atoms with E-state index >= 15 is 0 Å². The van der Waals surface area contributed by atoms with Gasteiger partial charge in [-0.3, -0.25) is 14.9 Å². The zero-order valence-corrected chi connectivity index (χ0v) is 16.3. The quantitative estimate of drug-likeness (QED) is 0.568. The van der Waals surface area contributed by atoms with E-state index < -0.39 is 11.3 Å². The zero-order chi connectivity index (χ0) is 19.8. The second-order valence-electron chi connectivity index (χ2n) is 6.21. The van der Waals surface area contributed by atoms with Gasteiger partial charge < -0.3 is 13.7 Å². The van der Waals surface area contributed by atoms with Crippen molar-refractivity contribution >= 4 is 33.3 Å². The summed E-state index contributed by atoms with van der Waals surface area (Å²) in [5.41, 5.74) is 3.60. The minimum absolute atomic E-state index is 0.0412. The molecule has 4 rings (SSSR count). The van der Waals surface area contributed by atoms with Crippen molar-refractivity contribution in [3.63, 3.8) is 0 Å². The third kappa shape index (κ3) is 2.97. The summed E-state index contributed by atoms with van der Waals surface area (Å²) in [5, 5.41) is 6.10. The SMILES string of the molecule is COc1coc(C(=O)Nc2nc(-c3c(C)n(C)c4ccccc34)cs2)cc1=O. The molecule has 4 aromatic rings. The van der Waals surface area contributed by atoms with Gasteiger partial charge in [0.2, 0.25) is 11.2 Å². The van der Waals surface area contributed by atoms with Crippen molar-refractivity contribution in [2.75, 3.05) is 12.4 Å². The molecule has 0 saturated heterocycles. The van der Waals surface area contributed by atoms with E-state index in [1.165, 1.54) is 18.4 Å². The Balaban J connectivity index is 1.64. The van der Waals surface area contributed by atoms with Gasteiger partial charge in [0.15, 0.2) is 10.9 Å². The molecule has 142 valence electrons. The standard InChI is InChI=1S/C20H17N3O4S/c1-11-18(12-6-4-5-7-14(12)23(11)2)13-10-28-20(21-13)22-19(25)16-8-15(24)17(26-3)9-27-16/h4-10H,1-3H3,(H,21,22,25). The average molecular weight is 395 g/mol. The van der Waals surface area contributed by atoms with Crippen LogP contribution < -0.4 is 15.5 Å². The van der Waals surface area contributed by atoms with Gasteiger partial charge in [-0.2, -0.15) is 0 Å². The number of anilines is 1. The van der Waals surface area contributed by atoms with Gasteiger partial charge in [-0.25, -0.2) is 4.98 Å². The molecule has 0 aliphatic carbocycles. The number of aryl methyl sites for hydroxylation is 1. The summed E-state index contributed by atoms with van der Waals surface area (Å²) in [5.74, 6) is -0.612. The largest absolute Gasteiger partial charge is 0.490 e. The molecule has 3 heterocycles. The molecule has 0 unspecified atom stereocenters. The monoisotopic (exact) mass is 395 g/mol. The molecule has 1 amide bonds. The van der Waals surface area contributed by atoms with Gasteiger partial charge in [0.05, 0.1) is 12.8 Å². The van der Waals surface area contributed by atoms with Gasteiger partial charge >= 0.3 is 0 Å². The first kappa shape index (κ1) is 18.0. The van der Waals surface area contributed by atoms with Crippen LogP contribution in [0, 0.1) is 6.92 Å². The summed E-state index contributed by atoms with van der Waals surface area (Å²) in [7, 11) is 3.38. The predicted molar refractivity (Wildman–Crippen MR) is 108 cm³/mol. The second-order valence-corrected chi connectivity index (χ2v) is 7.06. The summed E-state index contributed by atoms with van der Waals surface area (Å²) in [6, 6.07) is 9.21. The summed E-state index contributed by atoms with van der Waals surface area (Å²) >= 11 is 1.31. The van der Waals surface area contributed by atoms with E-state index in [9.17, 15) is 9.59 Å². The molecular formula is C20H17N3O4S. The van der Waals surface area contributed by atoms with Crippen molar-refractivity contribution in [3.8, 4) is 17.0 Å². The molecule has 0 radical (unpaired) electrons. The number of nitrogens with one attached hydrogen (secondary N) is 1. The summed E-state index contributed by atoms with van der Waals surface area (Å²) in [6.07, 6.45) is 1.12. The molecule has 0 saturated carbocycles. The number of hydrogen-bond donors (Lipinski definition) is 1. The number of para-hydroxylation sites is 1. The number of benzene rings is 1. The van der Waals surface area contributed by atoms with Crippen LogP contribution in [0.5, 0.6) is 5.75 Å². The number of carbonyl (C=O) groups is 1. The Hall–Kier alpha value is -3.39. The van der Waals surface area contributed by atoms with E-state index in [2.05, 4.69) is 27.0 Å². The van der Waals surface area contributed by atoms with Crippen molar-refractivity contribution in [1.29, 1.82) is 0 Å². The fourth-order valence-corrected chi connectivity index (χ4v) is 3.81.